The van der Waals surface area contributed by atoms with Gasteiger partial charge in [-0.3, -0.25) is 9.69 Å². The summed E-state index contributed by atoms with van der Waals surface area (Å²) in [6.45, 7) is 7.81. The second-order valence-electron chi connectivity index (χ2n) is 6.23. The summed E-state index contributed by atoms with van der Waals surface area (Å²) in [6, 6.07) is 17.8. The van der Waals surface area contributed by atoms with E-state index >= 15 is 0 Å². The van der Waals surface area contributed by atoms with Gasteiger partial charge in [-0.1, -0.05) is 68.4 Å². The Bertz CT molecular complexity index is 663. The van der Waals surface area contributed by atoms with E-state index < -0.39 is 0 Å². The SMILES string of the molecule is CCN(CC)Cc1ccccc1CNC(=O)CC(N)c1ccccc1.Cl.Cl. The van der Waals surface area contributed by atoms with Crippen molar-refractivity contribution in [2.75, 3.05) is 13.1 Å². The van der Waals surface area contributed by atoms with Crippen LogP contribution in [0.3, 0.4) is 0 Å². The number of nitrogens with two attached hydrogens (primary N) is 1. The lowest BCUT2D eigenvalue weighted by molar-refractivity contribution is -0.121. The van der Waals surface area contributed by atoms with Crippen LogP contribution in [-0.2, 0) is 17.9 Å². The molecule has 2 aromatic rings. The molecule has 0 radical (unpaired) electrons. The van der Waals surface area contributed by atoms with Crippen LogP contribution in [-0.4, -0.2) is 23.9 Å². The molecule has 2 aromatic carbocycles. The van der Waals surface area contributed by atoms with E-state index in [1.165, 1.54) is 5.56 Å². The van der Waals surface area contributed by atoms with Crippen molar-refractivity contribution in [1.82, 2.24) is 10.2 Å². The van der Waals surface area contributed by atoms with Gasteiger partial charge in [-0.2, -0.15) is 0 Å². The summed E-state index contributed by atoms with van der Waals surface area (Å²) in [7, 11) is 0. The Morgan fingerprint density at radius 3 is 2.11 bits per heavy atom. The van der Waals surface area contributed by atoms with Gasteiger partial charge in [-0.15, -0.1) is 24.8 Å². The number of carbonyl (C=O) groups excluding carboxylic acids is 1. The van der Waals surface area contributed by atoms with Gasteiger partial charge in [0.1, 0.15) is 0 Å². The van der Waals surface area contributed by atoms with E-state index in [4.69, 9.17) is 5.73 Å². The highest BCUT2D eigenvalue weighted by atomic mass is 35.5. The van der Waals surface area contributed by atoms with Crippen LogP contribution in [0.4, 0.5) is 0 Å². The van der Waals surface area contributed by atoms with Crippen molar-refractivity contribution in [3.8, 4) is 0 Å². The number of carbonyl (C=O) groups is 1. The Hall–Kier alpha value is -1.59. The van der Waals surface area contributed by atoms with Crippen molar-refractivity contribution >= 4 is 30.7 Å². The second-order valence-corrected chi connectivity index (χ2v) is 6.23. The molecule has 0 saturated heterocycles. The quantitative estimate of drug-likeness (QED) is 0.653. The van der Waals surface area contributed by atoms with Crippen LogP contribution in [0.2, 0.25) is 0 Å². The zero-order chi connectivity index (χ0) is 18.1. The third kappa shape index (κ3) is 8.31. The first-order valence-corrected chi connectivity index (χ1v) is 9.00. The van der Waals surface area contributed by atoms with E-state index in [1.54, 1.807) is 0 Å². The van der Waals surface area contributed by atoms with Gasteiger partial charge in [-0.05, 0) is 29.8 Å². The molecule has 0 aliphatic rings. The molecule has 0 aliphatic carbocycles. The summed E-state index contributed by atoms with van der Waals surface area (Å²) in [4.78, 5) is 14.6. The van der Waals surface area contributed by atoms with E-state index in [0.717, 1.165) is 30.8 Å². The Balaban J connectivity index is 0.00000338. The van der Waals surface area contributed by atoms with Crippen molar-refractivity contribution in [1.29, 1.82) is 0 Å². The predicted molar refractivity (Wildman–Crippen MR) is 117 cm³/mol. The molecule has 4 nitrogen and oxygen atoms in total. The van der Waals surface area contributed by atoms with E-state index in [1.807, 2.05) is 36.4 Å². The lowest BCUT2D eigenvalue weighted by Gasteiger charge is -2.20. The highest BCUT2D eigenvalue weighted by molar-refractivity contribution is 5.85. The standard InChI is InChI=1S/C21H29N3O.2ClH/c1-3-24(4-2)16-19-13-9-8-12-18(19)15-23-21(25)14-20(22)17-10-6-5-7-11-17;;/h5-13,20H,3-4,14-16,22H2,1-2H3,(H,23,25);2*1H. The maximum atomic E-state index is 12.2. The van der Waals surface area contributed by atoms with Crippen molar-refractivity contribution < 1.29 is 4.79 Å². The Kier molecular flexibility index (Phi) is 12.8. The molecule has 2 rings (SSSR count). The first-order chi connectivity index (χ1) is 12.1. The number of nitrogens with zero attached hydrogens (tertiary/aromatic N) is 1. The van der Waals surface area contributed by atoms with Crippen LogP contribution in [0.25, 0.3) is 0 Å². The van der Waals surface area contributed by atoms with Crippen LogP contribution >= 0.6 is 24.8 Å². The zero-order valence-electron chi connectivity index (χ0n) is 16.1. The molecule has 6 heteroatoms. The Morgan fingerprint density at radius 2 is 1.52 bits per heavy atom. The van der Waals surface area contributed by atoms with Crippen molar-refractivity contribution in [2.24, 2.45) is 5.73 Å². The average molecular weight is 412 g/mol. The molecule has 0 aliphatic heterocycles. The molecule has 3 N–H and O–H groups in total. The number of hydrogen-bond acceptors (Lipinski definition) is 3. The monoisotopic (exact) mass is 411 g/mol. The van der Waals surface area contributed by atoms with Gasteiger partial charge in [0.25, 0.3) is 0 Å². The fourth-order valence-electron chi connectivity index (χ4n) is 2.86. The first-order valence-electron chi connectivity index (χ1n) is 9.00. The molecule has 27 heavy (non-hydrogen) atoms. The maximum absolute atomic E-state index is 12.2. The van der Waals surface area contributed by atoms with E-state index in [0.29, 0.717) is 13.0 Å². The second kappa shape index (κ2) is 13.6. The van der Waals surface area contributed by atoms with Crippen LogP contribution < -0.4 is 11.1 Å². The molecule has 1 amide bonds. The minimum atomic E-state index is -0.271. The number of amides is 1. The van der Waals surface area contributed by atoms with Gasteiger partial charge in [0.05, 0.1) is 0 Å². The van der Waals surface area contributed by atoms with E-state index in [-0.39, 0.29) is 36.8 Å². The number of benzene rings is 2. The summed E-state index contributed by atoms with van der Waals surface area (Å²) in [5.74, 6) is -0.0194. The van der Waals surface area contributed by atoms with Crippen LogP contribution in [0.5, 0.6) is 0 Å². The summed E-state index contributed by atoms with van der Waals surface area (Å²) < 4.78 is 0. The normalized spacial score (nSPS) is 11.3. The molecule has 1 unspecified atom stereocenters. The van der Waals surface area contributed by atoms with Crippen LogP contribution in [0.15, 0.2) is 54.6 Å². The van der Waals surface area contributed by atoms with Gasteiger partial charge in [-0.25, -0.2) is 0 Å². The Labute approximate surface area is 175 Å². The highest BCUT2D eigenvalue weighted by Crippen LogP contribution is 2.14. The lowest BCUT2D eigenvalue weighted by atomic mass is 10.0. The van der Waals surface area contributed by atoms with Crippen molar-refractivity contribution in [3.05, 3.63) is 71.3 Å². The Morgan fingerprint density at radius 1 is 0.963 bits per heavy atom. The number of nitrogens with one attached hydrogen (secondary N) is 1. The van der Waals surface area contributed by atoms with Crippen LogP contribution in [0.1, 0.15) is 43.0 Å². The van der Waals surface area contributed by atoms with Gasteiger partial charge < -0.3 is 11.1 Å². The van der Waals surface area contributed by atoms with Crippen molar-refractivity contribution in [2.45, 2.75) is 39.4 Å². The van der Waals surface area contributed by atoms with Gasteiger partial charge in [0, 0.05) is 25.6 Å². The molecule has 1 atom stereocenters. The van der Waals surface area contributed by atoms with Gasteiger partial charge >= 0.3 is 0 Å². The molecule has 150 valence electrons. The summed E-state index contributed by atoms with van der Waals surface area (Å²) in [5.41, 5.74) is 9.54. The summed E-state index contributed by atoms with van der Waals surface area (Å²) in [6.07, 6.45) is 0.294. The highest BCUT2D eigenvalue weighted by Gasteiger charge is 2.12. The molecule has 0 bridgehead atoms. The summed E-state index contributed by atoms with van der Waals surface area (Å²) in [5, 5.41) is 3.01. The largest absolute Gasteiger partial charge is 0.352 e. The fraction of sp³-hybridized carbons (Fsp3) is 0.381. The molecule has 0 aromatic heterocycles. The van der Waals surface area contributed by atoms with E-state index in [2.05, 4.69) is 42.3 Å². The first kappa shape index (κ1) is 25.4. The molecular formula is C21H31Cl2N3O. The van der Waals surface area contributed by atoms with Gasteiger partial charge in [0.15, 0.2) is 0 Å². The molecule has 0 saturated carbocycles. The topological polar surface area (TPSA) is 58.4 Å². The molecule has 0 spiro atoms. The van der Waals surface area contributed by atoms with E-state index in [9.17, 15) is 4.79 Å². The predicted octanol–water partition coefficient (Wildman–Crippen LogP) is 4.08. The summed E-state index contributed by atoms with van der Waals surface area (Å²) >= 11 is 0. The van der Waals surface area contributed by atoms with Crippen LogP contribution in [0, 0.1) is 0 Å². The molecule has 0 fully saturated rings. The third-order valence-corrected chi connectivity index (χ3v) is 4.52. The zero-order valence-corrected chi connectivity index (χ0v) is 17.7. The molecule has 0 heterocycles. The van der Waals surface area contributed by atoms with Gasteiger partial charge in [0.2, 0.25) is 5.91 Å². The number of halogens is 2. The average Bonchev–Trinajstić information content (AvgIpc) is 2.65. The lowest BCUT2D eigenvalue weighted by Crippen LogP contribution is -2.28. The maximum Gasteiger partial charge on any atom is 0.222 e. The van der Waals surface area contributed by atoms with Crippen molar-refractivity contribution in [3.63, 3.8) is 0 Å². The third-order valence-electron chi connectivity index (χ3n) is 4.52. The number of rotatable bonds is 9. The minimum absolute atomic E-state index is 0. The smallest absolute Gasteiger partial charge is 0.222 e. The molecular weight excluding hydrogens is 381 g/mol. The number of hydrogen-bond donors (Lipinski definition) is 2. The minimum Gasteiger partial charge on any atom is -0.352 e. The fourth-order valence-corrected chi connectivity index (χ4v) is 2.86.